The Morgan fingerprint density at radius 1 is 0.857 bits per heavy atom. The van der Waals surface area contributed by atoms with Crippen molar-refractivity contribution in [2.45, 2.75) is 61.9 Å². The lowest BCUT2D eigenvalue weighted by molar-refractivity contribution is -0.344. The maximum Gasteiger partial charge on any atom is 0.187 e. The van der Waals surface area contributed by atoms with Gasteiger partial charge in [0, 0.05) is 0 Å². The molecular formula is C18H26O10. The van der Waals surface area contributed by atoms with Gasteiger partial charge in [0.25, 0.3) is 0 Å². The van der Waals surface area contributed by atoms with Crippen molar-refractivity contribution in [3.05, 3.63) is 35.9 Å². The highest BCUT2D eigenvalue weighted by atomic mass is 16.7. The summed E-state index contributed by atoms with van der Waals surface area (Å²) < 4.78 is 21.6. The van der Waals surface area contributed by atoms with E-state index in [2.05, 4.69) is 0 Å². The van der Waals surface area contributed by atoms with Crippen molar-refractivity contribution < 1.29 is 49.6 Å². The van der Waals surface area contributed by atoms with Crippen molar-refractivity contribution in [2.75, 3.05) is 13.2 Å². The second-order valence-electron chi connectivity index (χ2n) is 6.85. The van der Waals surface area contributed by atoms with Crippen molar-refractivity contribution in [2.24, 2.45) is 0 Å². The van der Waals surface area contributed by atoms with Gasteiger partial charge in [-0.15, -0.1) is 0 Å². The largest absolute Gasteiger partial charge is 0.394 e. The Bertz CT molecular complexity index is 599. The Morgan fingerprint density at radius 2 is 1.54 bits per heavy atom. The van der Waals surface area contributed by atoms with Crippen LogP contribution in [0.1, 0.15) is 5.56 Å². The van der Waals surface area contributed by atoms with Crippen LogP contribution in [0, 0.1) is 0 Å². The molecule has 0 saturated carbocycles. The lowest BCUT2D eigenvalue weighted by Gasteiger charge is -2.43. The van der Waals surface area contributed by atoms with E-state index in [9.17, 15) is 30.6 Å². The third-order valence-corrected chi connectivity index (χ3v) is 4.85. The van der Waals surface area contributed by atoms with Gasteiger partial charge in [0.15, 0.2) is 12.6 Å². The summed E-state index contributed by atoms with van der Waals surface area (Å²) in [5.41, 5.74) is 0.868. The molecule has 0 aromatic heterocycles. The first-order valence-corrected chi connectivity index (χ1v) is 9.01. The molecule has 2 saturated heterocycles. The molecule has 9 atom stereocenters. The smallest absolute Gasteiger partial charge is 0.187 e. The Hall–Kier alpha value is -1.18. The molecule has 6 N–H and O–H groups in total. The first-order valence-electron chi connectivity index (χ1n) is 9.01. The molecule has 2 fully saturated rings. The number of rotatable bonds is 6. The van der Waals surface area contributed by atoms with Gasteiger partial charge in [-0.1, -0.05) is 30.3 Å². The van der Waals surface area contributed by atoms with E-state index < -0.39 is 61.9 Å². The van der Waals surface area contributed by atoms with Gasteiger partial charge in [-0.25, -0.2) is 0 Å². The van der Waals surface area contributed by atoms with Crippen LogP contribution < -0.4 is 0 Å². The molecule has 0 bridgehead atoms. The molecule has 28 heavy (non-hydrogen) atoms. The zero-order valence-corrected chi connectivity index (χ0v) is 15.0. The van der Waals surface area contributed by atoms with E-state index in [0.29, 0.717) is 0 Å². The van der Waals surface area contributed by atoms with Crippen molar-refractivity contribution in [1.82, 2.24) is 0 Å². The number of ether oxygens (including phenoxy) is 4. The number of benzene rings is 1. The summed E-state index contributed by atoms with van der Waals surface area (Å²) in [7, 11) is 0. The predicted octanol–water partition coefficient (Wildman–Crippen LogP) is -2.53. The van der Waals surface area contributed by atoms with E-state index in [0.717, 1.165) is 5.56 Å². The van der Waals surface area contributed by atoms with Crippen LogP contribution in [-0.4, -0.2) is 99.2 Å². The van der Waals surface area contributed by atoms with E-state index >= 15 is 0 Å². The molecule has 2 aliphatic rings. The molecule has 2 aliphatic heterocycles. The van der Waals surface area contributed by atoms with Crippen LogP contribution in [0.4, 0.5) is 0 Å². The summed E-state index contributed by atoms with van der Waals surface area (Å²) in [6.45, 7) is -0.604. The molecule has 0 spiro atoms. The minimum Gasteiger partial charge on any atom is -0.394 e. The first kappa shape index (κ1) is 21.5. The van der Waals surface area contributed by atoms with Crippen molar-refractivity contribution >= 4 is 0 Å². The number of aliphatic hydroxyl groups excluding tert-OH is 6. The van der Waals surface area contributed by atoms with Crippen LogP contribution in [0.2, 0.25) is 0 Å². The highest BCUT2D eigenvalue weighted by molar-refractivity contribution is 5.13. The summed E-state index contributed by atoms with van der Waals surface area (Å²) in [5, 5.41) is 59.4. The molecule has 3 rings (SSSR count). The highest BCUT2D eigenvalue weighted by Crippen LogP contribution is 2.26. The molecular weight excluding hydrogens is 376 g/mol. The zero-order valence-electron chi connectivity index (χ0n) is 15.0. The minimum absolute atomic E-state index is 0.174. The second-order valence-corrected chi connectivity index (χ2v) is 6.85. The second kappa shape index (κ2) is 9.55. The van der Waals surface area contributed by atoms with Gasteiger partial charge in [-0.05, 0) is 5.56 Å². The minimum atomic E-state index is -1.62. The molecule has 0 radical (unpaired) electrons. The van der Waals surface area contributed by atoms with Crippen molar-refractivity contribution in [1.29, 1.82) is 0 Å². The van der Waals surface area contributed by atoms with Crippen LogP contribution in [0.5, 0.6) is 0 Å². The molecule has 2 heterocycles. The van der Waals surface area contributed by atoms with Crippen LogP contribution in [-0.2, 0) is 25.6 Å². The Balaban J connectivity index is 1.55. The molecule has 0 aliphatic carbocycles. The lowest BCUT2D eigenvalue weighted by atomic mass is 9.99. The quantitative estimate of drug-likeness (QED) is 0.300. The predicted molar refractivity (Wildman–Crippen MR) is 91.6 cm³/mol. The zero-order chi connectivity index (χ0) is 20.3. The molecule has 10 heteroatoms. The van der Waals surface area contributed by atoms with Crippen molar-refractivity contribution in [3.63, 3.8) is 0 Å². The Kier molecular flexibility index (Phi) is 7.34. The monoisotopic (exact) mass is 402 g/mol. The van der Waals surface area contributed by atoms with Crippen LogP contribution in [0.15, 0.2) is 30.3 Å². The third kappa shape index (κ3) is 4.69. The van der Waals surface area contributed by atoms with E-state index in [1.165, 1.54) is 0 Å². The average molecular weight is 402 g/mol. The molecule has 1 aromatic rings. The fourth-order valence-electron chi connectivity index (χ4n) is 3.14. The summed E-state index contributed by atoms with van der Waals surface area (Å²) in [6.07, 6.45) is -12.3. The maximum atomic E-state index is 10.3. The Labute approximate surface area is 161 Å². The van der Waals surface area contributed by atoms with Gasteiger partial charge in [0.05, 0.1) is 19.8 Å². The number of aliphatic hydroxyl groups is 6. The van der Waals surface area contributed by atoms with Crippen LogP contribution in [0.3, 0.4) is 0 Å². The summed E-state index contributed by atoms with van der Waals surface area (Å²) in [6, 6.07) is 9.24. The van der Waals surface area contributed by atoms with Gasteiger partial charge in [0.2, 0.25) is 0 Å². The Morgan fingerprint density at radius 3 is 2.21 bits per heavy atom. The molecule has 0 unspecified atom stereocenters. The summed E-state index contributed by atoms with van der Waals surface area (Å²) in [5.74, 6) is 0. The van der Waals surface area contributed by atoms with Crippen LogP contribution >= 0.6 is 0 Å². The normalized spacial score (nSPS) is 41.7. The maximum absolute atomic E-state index is 10.3. The molecule has 10 nitrogen and oxygen atoms in total. The van der Waals surface area contributed by atoms with Gasteiger partial charge < -0.3 is 49.6 Å². The molecule has 0 amide bonds. The highest BCUT2D eigenvalue weighted by Gasteiger charge is 2.47. The van der Waals surface area contributed by atoms with Gasteiger partial charge in [-0.3, -0.25) is 0 Å². The van der Waals surface area contributed by atoms with Crippen molar-refractivity contribution in [3.8, 4) is 0 Å². The average Bonchev–Trinajstić information content (AvgIpc) is 2.71. The SMILES string of the molecule is OC[C@H]1O[C@@H](O[C@H]2CO[C@@H](OCc3ccccc3)[C@H](O)[C@H]2O)[C@H](O)[C@@H](O)[C@@H]1O. The fourth-order valence-corrected chi connectivity index (χ4v) is 3.14. The van der Waals surface area contributed by atoms with Gasteiger partial charge in [-0.2, -0.15) is 0 Å². The topological polar surface area (TPSA) is 158 Å². The van der Waals surface area contributed by atoms with Gasteiger partial charge >= 0.3 is 0 Å². The number of hydrogen-bond acceptors (Lipinski definition) is 10. The first-order chi connectivity index (χ1) is 13.4. The summed E-state index contributed by atoms with van der Waals surface area (Å²) in [4.78, 5) is 0. The molecule has 1 aromatic carbocycles. The van der Waals surface area contributed by atoms with E-state index in [1.807, 2.05) is 30.3 Å². The summed E-state index contributed by atoms with van der Waals surface area (Å²) >= 11 is 0. The lowest BCUT2D eigenvalue weighted by Crippen LogP contribution is -2.62. The standard InChI is InChI=1S/C18H26O10/c19-6-10-12(20)14(22)16(24)18(27-10)28-11-8-26-17(15(23)13(11)21)25-7-9-4-2-1-3-5-9/h1-5,10-24H,6-8H2/t10-,11+,12-,13+,14+,15-,16-,17-,18+/m1/s1. The number of hydrogen-bond donors (Lipinski definition) is 6. The van der Waals surface area contributed by atoms with E-state index in [-0.39, 0.29) is 13.2 Å². The third-order valence-electron chi connectivity index (χ3n) is 4.85. The molecule has 158 valence electrons. The van der Waals surface area contributed by atoms with Crippen LogP contribution in [0.25, 0.3) is 0 Å². The van der Waals surface area contributed by atoms with E-state index in [4.69, 9.17) is 18.9 Å². The van der Waals surface area contributed by atoms with Gasteiger partial charge in [0.1, 0.15) is 42.7 Å². The van der Waals surface area contributed by atoms with E-state index in [1.54, 1.807) is 0 Å². The fraction of sp³-hybridized carbons (Fsp3) is 0.667.